The molecule has 2 aliphatic heterocycles. The molecule has 0 radical (unpaired) electrons. The van der Waals surface area contributed by atoms with E-state index in [-0.39, 0.29) is 0 Å². The molecule has 2 fully saturated rings. The van der Waals surface area contributed by atoms with Gasteiger partial charge >= 0.3 is 0 Å². The van der Waals surface area contributed by atoms with Gasteiger partial charge in [0.15, 0.2) is 0 Å². The number of rotatable bonds is 3. The summed E-state index contributed by atoms with van der Waals surface area (Å²) in [6.07, 6.45) is 6.59. The van der Waals surface area contributed by atoms with Gasteiger partial charge in [-0.05, 0) is 18.3 Å². The van der Waals surface area contributed by atoms with Crippen LogP contribution in [0.1, 0.15) is 20.3 Å². The van der Waals surface area contributed by atoms with Crippen LogP contribution in [0.15, 0.2) is 18.7 Å². The van der Waals surface area contributed by atoms with Crippen LogP contribution in [0, 0.1) is 11.8 Å². The minimum absolute atomic E-state index is 0.620. The molecule has 0 aliphatic carbocycles. The highest BCUT2D eigenvalue weighted by atomic mass is 16.5. The fraction of sp³-hybridized carbons (Fsp3) is 0.647. The number of anilines is 2. The average Bonchev–Trinajstić information content (AvgIpc) is 3.16. The first kappa shape index (κ1) is 16.3. The Bertz CT molecular complexity index is 689. The summed E-state index contributed by atoms with van der Waals surface area (Å²) in [4.78, 5) is 22.8. The van der Waals surface area contributed by atoms with Crippen LogP contribution in [-0.4, -0.2) is 63.9 Å². The van der Waals surface area contributed by atoms with Crippen LogP contribution in [0.4, 0.5) is 11.9 Å². The molecule has 0 amide bonds. The topological polar surface area (TPSA) is 72.2 Å². The monoisotopic (exact) mass is 343 g/mol. The fourth-order valence-electron chi connectivity index (χ4n) is 3.71. The molecule has 2 saturated heterocycles. The lowest BCUT2D eigenvalue weighted by Crippen LogP contribution is -2.41. The highest BCUT2D eigenvalue weighted by molar-refractivity contribution is 5.42. The average molecular weight is 343 g/mol. The van der Waals surface area contributed by atoms with E-state index in [2.05, 4.69) is 33.6 Å². The lowest BCUT2D eigenvalue weighted by atomic mass is 9.92. The molecule has 4 rings (SSSR count). The number of morpholine rings is 1. The van der Waals surface area contributed by atoms with E-state index >= 15 is 0 Å². The summed E-state index contributed by atoms with van der Waals surface area (Å²) in [6, 6.07) is 0. The number of aromatic nitrogens is 5. The molecule has 2 aromatic rings. The lowest BCUT2D eigenvalue weighted by molar-refractivity contribution is 0.122. The van der Waals surface area contributed by atoms with Gasteiger partial charge < -0.3 is 14.5 Å². The first-order valence-corrected chi connectivity index (χ1v) is 9.01. The summed E-state index contributed by atoms with van der Waals surface area (Å²) in [5.74, 6) is 3.39. The summed E-state index contributed by atoms with van der Waals surface area (Å²) >= 11 is 0. The maximum atomic E-state index is 5.46. The maximum absolute atomic E-state index is 5.46. The van der Waals surface area contributed by atoms with Gasteiger partial charge in [0.2, 0.25) is 17.8 Å². The summed E-state index contributed by atoms with van der Waals surface area (Å²) in [6.45, 7) is 9.59. The maximum Gasteiger partial charge on any atom is 0.241 e. The third kappa shape index (κ3) is 3.58. The van der Waals surface area contributed by atoms with Crippen LogP contribution >= 0.6 is 0 Å². The van der Waals surface area contributed by atoms with E-state index in [1.807, 2.05) is 10.8 Å². The summed E-state index contributed by atoms with van der Waals surface area (Å²) < 4.78 is 7.30. The van der Waals surface area contributed by atoms with E-state index in [1.54, 1.807) is 12.5 Å². The number of imidazole rings is 1. The van der Waals surface area contributed by atoms with Crippen molar-refractivity contribution in [2.24, 2.45) is 11.8 Å². The number of ether oxygens (including phenoxy) is 1. The zero-order valence-electron chi connectivity index (χ0n) is 14.9. The third-order valence-electron chi connectivity index (χ3n) is 4.78. The Morgan fingerprint density at radius 1 is 0.920 bits per heavy atom. The molecule has 2 unspecified atom stereocenters. The van der Waals surface area contributed by atoms with E-state index in [0.717, 1.165) is 38.1 Å². The van der Waals surface area contributed by atoms with Crippen LogP contribution in [0.2, 0.25) is 0 Å². The number of hydrogen-bond acceptors (Lipinski definition) is 7. The Morgan fingerprint density at radius 3 is 2.20 bits per heavy atom. The number of hydrogen-bond donors (Lipinski definition) is 0. The highest BCUT2D eigenvalue weighted by Gasteiger charge is 2.26. The molecule has 0 aromatic carbocycles. The Hall–Kier alpha value is -2.22. The van der Waals surface area contributed by atoms with Gasteiger partial charge in [-0.25, -0.2) is 4.98 Å². The van der Waals surface area contributed by atoms with E-state index < -0.39 is 0 Å². The molecule has 4 heterocycles. The molecule has 8 nitrogen and oxygen atoms in total. The molecule has 2 aliphatic rings. The van der Waals surface area contributed by atoms with Crippen molar-refractivity contribution < 1.29 is 4.74 Å². The van der Waals surface area contributed by atoms with E-state index in [4.69, 9.17) is 14.7 Å². The number of nitrogens with zero attached hydrogens (tertiary/aromatic N) is 7. The molecular weight excluding hydrogens is 318 g/mol. The molecule has 0 bridgehead atoms. The van der Waals surface area contributed by atoms with Gasteiger partial charge in [0, 0.05) is 38.6 Å². The van der Waals surface area contributed by atoms with Crippen molar-refractivity contribution in [2.75, 3.05) is 49.2 Å². The molecular formula is C17H25N7O. The molecule has 134 valence electrons. The lowest BCUT2D eigenvalue weighted by Gasteiger charge is -2.35. The van der Waals surface area contributed by atoms with Gasteiger partial charge in [0.05, 0.1) is 13.2 Å². The van der Waals surface area contributed by atoms with E-state index in [9.17, 15) is 0 Å². The molecule has 0 saturated carbocycles. The predicted octanol–water partition coefficient (Wildman–Crippen LogP) is 1.38. The van der Waals surface area contributed by atoms with Crippen LogP contribution in [0.3, 0.4) is 0 Å². The third-order valence-corrected chi connectivity index (χ3v) is 4.78. The second-order valence-corrected chi connectivity index (χ2v) is 7.16. The molecule has 2 aromatic heterocycles. The molecule has 0 spiro atoms. The number of piperidine rings is 1. The van der Waals surface area contributed by atoms with Gasteiger partial charge in [-0.2, -0.15) is 15.0 Å². The van der Waals surface area contributed by atoms with Gasteiger partial charge in [-0.1, -0.05) is 13.8 Å². The van der Waals surface area contributed by atoms with E-state index in [0.29, 0.717) is 31.0 Å². The first-order valence-electron chi connectivity index (χ1n) is 9.01. The largest absolute Gasteiger partial charge is 0.378 e. The molecule has 2 atom stereocenters. The smallest absolute Gasteiger partial charge is 0.241 e. The quantitative estimate of drug-likeness (QED) is 0.833. The zero-order valence-corrected chi connectivity index (χ0v) is 14.9. The minimum Gasteiger partial charge on any atom is -0.378 e. The van der Waals surface area contributed by atoms with Gasteiger partial charge in [-0.15, -0.1) is 0 Å². The summed E-state index contributed by atoms with van der Waals surface area (Å²) in [5, 5.41) is 0. The van der Waals surface area contributed by atoms with Crippen molar-refractivity contribution in [1.29, 1.82) is 0 Å². The Kier molecular flexibility index (Phi) is 4.52. The van der Waals surface area contributed by atoms with Crippen LogP contribution in [-0.2, 0) is 4.74 Å². The van der Waals surface area contributed by atoms with E-state index in [1.165, 1.54) is 6.42 Å². The second kappa shape index (κ2) is 6.95. The fourth-order valence-corrected chi connectivity index (χ4v) is 3.71. The summed E-state index contributed by atoms with van der Waals surface area (Å²) in [7, 11) is 0. The van der Waals surface area contributed by atoms with Crippen LogP contribution < -0.4 is 9.80 Å². The van der Waals surface area contributed by atoms with Crippen LogP contribution in [0.25, 0.3) is 5.95 Å². The van der Waals surface area contributed by atoms with Gasteiger partial charge in [0.25, 0.3) is 0 Å². The first-order chi connectivity index (χ1) is 12.2. The zero-order chi connectivity index (χ0) is 17.2. The minimum atomic E-state index is 0.620. The summed E-state index contributed by atoms with van der Waals surface area (Å²) in [5.41, 5.74) is 0. The van der Waals surface area contributed by atoms with Gasteiger partial charge in [0.1, 0.15) is 6.33 Å². The van der Waals surface area contributed by atoms with Crippen LogP contribution in [0.5, 0.6) is 0 Å². The van der Waals surface area contributed by atoms with Crippen molar-refractivity contribution in [1.82, 2.24) is 24.5 Å². The normalized spacial score (nSPS) is 24.6. The van der Waals surface area contributed by atoms with Crippen molar-refractivity contribution >= 4 is 11.9 Å². The Balaban J connectivity index is 1.70. The standard InChI is InChI=1S/C17H25N7O/c1-13-9-14(2)11-24(10-13)17-20-15(22-5-7-25-8-6-22)19-16(21-17)23-4-3-18-12-23/h3-4,12-14H,5-11H2,1-2H3. The Morgan fingerprint density at radius 2 is 1.56 bits per heavy atom. The highest BCUT2D eigenvalue weighted by Crippen LogP contribution is 2.25. The predicted molar refractivity (Wildman–Crippen MR) is 95.1 cm³/mol. The molecule has 8 heteroatoms. The second-order valence-electron chi connectivity index (χ2n) is 7.16. The van der Waals surface area contributed by atoms with Crippen molar-refractivity contribution in [2.45, 2.75) is 20.3 Å². The Labute approximate surface area is 147 Å². The van der Waals surface area contributed by atoms with Crippen molar-refractivity contribution in [3.05, 3.63) is 18.7 Å². The SMILES string of the molecule is CC1CC(C)CN(c2nc(N3CCOCC3)nc(-n3ccnc3)n2)C1. The van der Waals surface area contributed by atoms with Gasteiger partial charge in [-0.3, -0.25) is 4.57 Å². The van der Waals surface area contributed by atoms with Crippen molar-refractivity contribution in [3.8, 4) is 5.95 Å². The molecule has 0 N–H and O–H groups in total. The molecule has 25 heavy (non-hydrogen) atoms. The van der Waals surface area contributed by atoms with Crippen molar-refractivity contribution in [3.63, 3.8) is 0 Å².